The quantitative estimate of drug-likeness (QED) is 0.758. The fourth-order valence-corrected chi connectivity index (χ4v) is 4.36. The number of hydrogen-bond donors (Lipinski definition) is 1. The number of hydrogen-bond acceptors (Lipinski definition) is 4. The van der Waals surface area contributed by atoms with Gasteiger partial charge in [0.1, 0.15) is 17.7 Å². The Bertz CT molecular complexity index is 626. The zero-order chi connectivity index (χ0) is 20.4. The Morgan fingerprint density at radius 1 is 1.33 bits per heavy atom. The van der Waals surface area contributed by atoms with E-state index in [0.29, 0.717) is 6.42 Å². The van der Waals surface area contributed by atoms with Crippen LogP contribution in [-0.4, -0.2) is 40.6 Å². The first-order valence-electron chi connectivity index (χ1n) is 9.89. The van der Waals surface area contributed by atoms with Crippen molar-refractivity contribution in [2.24, 2.45) is 11.3 Å². The van der Waals surface area contributed by atoms with Gasteiger partial charge >= 0.3 is 6.09 Å². The molecule has 4 atom stereocenters. The topological polar surface area (TPSA) is 82.4 Å². The minimum Gasteiger partial charge on any atom is -0.444 e. The molecule has 1 heterocycles. The lowest BCUT2D eigenvalue weighted by Crippen LogP contribution is -2.58. The van der Waals surface area contributed by atoms with Crippen molar-refractivity contribution in [2.75, 3.05) is 0 Å². The van der Waals surface area contributed by atoms with E-state index in [-0.39, 0.29) is 17.9 Å². The average molecular weight is 376 g/mol. The molecule has 2 aliphatic rings. The number of alkyl carbamates (subject to hydrolysis) is 1. The normalized spacial score (nSPS) is 28.3. The molecule has 0 bridgehead atoms. The summed E-state index contributed by atoms with van der Waals surface area (Å²) in [6, 6.07) is 0.979. The van der Waals surface area contributed by atoms with Gasteiger partial charge in [0, 0.05) is 11.5 Å². The third-order valence-electron chi connectivity index (χ3n) is 6.02. The molecule has 0 aromatic rings. The van der Waals surface area contributed by atoms with Crippen molar-refractivity contribution in [2.45, 2.75) is 90.4 Å². The highest BCUT2D eigenvalue weighted by molar-refractivity contribution is 5.88. The largest absolute Gasteiger partial charge is 0.444 e. The van der Waals surface area contributed by atoms with Gasteiger partial charge in [-0.1, -0.05) is 25.8 Å². The fourth-order valence-electron chi connectivity index (χ4n) is 4.36. The zero-order valence-corrected chi connectivity index (χ0v) is 17.2. The monoisotopic (exact) mass is 375 g/mol. The molecule has 1 aliphatic heterocycles. The molecule has 0 spiro atoms. The summed E-state index contributed by atoms with van der Waals surface area (Å²) in [5.41, 5.74) is -1.15. The molecule has 0 aromatic heterocycles. The molecule has 0 unspecified atom stereocenters. The van der Waals surface area contributed by atoms with E-state index in [1.54, 1.807) is 25.7 Å². The van der Waals surface area contributed by atoms with Crippen LogP contribution in [0.1, 0.15) is 66.7 Å². The lowest BCUT2D eigenvalue weighted by Gasteiger charge is -2.39. The first kappa shape index (κ1) is 21.3. The smallest absolute Gasteiger partial charge is 0.408 e. The molecule has 2 amide bonds. The van der Waals surface area contributed by atoms with E-state index in [2.05, 4.69) is 24.9 Å². The summed E-state index contributed by atoms with van der Waals surface area (Å²) >= 11 is 0. The van der Waals surface area contributed by atoms with Gasteiger partial charge in [-0.2, -0.15) is 5.26 Å². The van der Waals surface area contributed by atoms with Gasteiger partial charge in [-0.3, -0.25) is 4.79 Å². The van der Waals surface area contributed by atoms with Crippen LogP contribution in [0.15, 0.2) is 12.7 Å². The van der Waals surface area contributed by atoms with Crippen LogP contribution in [0.4, 0.5) is 4.79 Å². The van der Waals surface area contributed by atoms with Crippen LogP contribution < -0.4 is 5.32 Å². The van der Waals surface area contributed by atoms with Crippen molar-refractivity contribution in [3.63, 3.8) is 0 Å². The van der Waals surface area contributed by atoms with Crippen LogP contribution in [0, 0.1) is 22.7 Å². The van der Waals surface area contributed by atoms with Crippen LogP contribution in [0.5, 0.6) is 0 Å². The Labute approximate surface area is 162 Å². The highest BCUT2D eigenvalue weighted by Crippen LogP contribution is 2.44. The predicted octanol–water partition coefficient (Wildman–Crippen LogP) is 3.78. The molecule has 0 radical (unpaired) electrons. The predicted molar refractivity (Wildman–Crippen MR) is 104 cm³/mol. The van der Waals surface area contributed by atoms with E-state index in [1.165, 1.54) is 0 Å². The first-order valence-corrected chi connectivity index (χ1v) is 9.89. The lowest BCUT2D eigenvalue weighted by atomic mass is 9.77. The van der Waals surface area contributed by atoms with Crippen molar-refractivity contribution in [3.8, 4) is 6.07 Å². The Balaban J connectivity index is 2.34. The van der Waals surface area contributed by atoms with Gasteiger partial charge in [-0.05, 0) is 52.9 Å². The molecule has 1 saturated carbocycles. The van der Waals surface area contributed by atoms with Crippen molar-refractivity contribution in [3.05, 3.63) is 12.7 Å². The second-order valence-electron chi connectivity index (χ2n) is 9.07. The Kier molecular flexibility index (Phi) is 6.24. The Morgan fingerprint density at radius 2 is 1.93 bits per heavy atom. The van der Waals surface area contributed by atoms with Crippen LogP contribution in [0.3, 0.4) is 0 Å². The third-order valence-corrected chi connectivity index (χ3v) is 6.02. The summed E-state index contributed by atoms with van der Waals surface area (Å²) in [6.07, 6.45) is 5.41. The maximum Gasteiger partial charge on any atom is 0.408 e. The van der Waals surface area contributed by atoms with Crippen LogP contribution in [-0.2, 0) is 9.53 Å². The summed E-state index contributed by atoms with van der Waals surface area (Å²) < 4.78 is 5.41. The molecule has 6 nitrogen and oxygen atoms in total. The van der Waals surface area contributed by atoms with E-state index in [9.17, 15) is 14.9 Å². The Hall–Kier alpha value is -2.03. The number of nitrogens with one attached hydrogen (secondary N) is 1. The van der Waals surface area contributed by atoms with Gasteiger partial charge in [0.25, 0.3) is 0 Å². The van der Waals surface area contributed by atoms with E-state index in [4.69, 9.17) is 4.74 Å². The van der Waals surface area contributed by atoms with Crippen molar-refractivity contribution in [1.29, 1.82) is 5.26 Å². The summed E-state index contributed by atoms with van der Waals surface area (Å²) in [6.45, 7) is 13.4. The van der Waals surface area contributed by atoms with Gasteiger partial charge < -0.3 is 15.0 Å². The molecule has 27 heavy (non-hydrogen) atoms. The number of rotatable bonds is 4. The average Bonchev–Trinajstić information content (AvgIpc) is 3.16. The minimum atomic E-state index is -0.768. The lowest BCUT2D eigenvalue weighted by molar-refractivity contribution is -0.138. The van der Waals surface area contributed by atoms with Crippen LogP contribution in [0.25, 0.3) is 0 Å². The van der Waals surface area contributed by atoms with Crippen molar-refractivity contribution in [1.82, 2.24) is 10.2 Å². The maximum absolute atomic E-state index is 13.6. The summed E-state index contributed by atoms with van der Waals surface area (Å²) in [7, 11) is 0. The fraction of sp³-hybridized carbons (Fsp3) is 0.762. The van der Waals surface area contributed by atoms with E-state index in [0.717, 1.165) is 25.7 Å². The zero-order valence-electron chi connectivity index (χ0n) is 17.2. The van der Waals surface area contributed by atoms with Gasteiger partial charge in [0.15, 0.2) is 0 Å². The molecule has 2 fully saturated rings. The number of amides is 2. The van der Waals surface area contributed by atoms with Gasteiger partial charge in [0.05, 0.1) is 6.07 Å². The van der Waals surface area contributed by atoms with E-state index in [1.807, 2.05) is 13.0 Å². The number of likely N-dealkylation sites (tertiary alicyclic amines) is 1. The molecule has 1 N–H and O–H groups in total. The second kappa shape index (κ2) is 7.92. The summed E-state index contributed by atoms with van der Waals surface area (Å²) in [5, 5.41) is 12.4. The molecule has 150 valence electrons. The van der Waals surface area contributed by atoms with Gasteiger partial charge in [-0.15, -0.1) is 6.58 Å². The molecule has 2 rings (SSSR count). The van der Waals surface area contributed by atoms with Crippen LogP contribution >= 0.6 is 0 Å². The number of ether oxygens (including phenoxy) is 1. The van der Waals surface area contributed by atoms with E-state index >= 15 is 0 Å². The number of nitrogens with zero attached hydrogens (tertiary/aromatic N) is 2. The third kappa shape index (κ3) is 4.45. The SMILES string of the molecule is C=CC1([C@H](NC(=O)OC(C)(C)C)C(=O)N2[C@H](C#N)C[C@H](C)[C@@H]2C)CCCC1. The molecular formula is C21H33N3O3. The van der Waals surface area contributed by atoms with E-state index < -0.39 is 29.2 Å². The van der Waals surface area contributed by atoms with Gasteiger partial charge in [-0.25, -0.2) is 4.79 Å². The van der Waals surface area contributed by atoms with Crippen LogP contribution in [0.2, 0.25) is 0 Å². The standard InChI is InChI=1S/C21H33N3O3/c1-7-21(10-8-9-11-21)17(23-19(26)27-20(4,5)6)18(25)24-15(3)14(2)12-16(24)13-22/h7,14-17H,1,8-12H2,2-6H3,(H,23,26)/t14-,15-,16-,17+/m0/s1. The number of carbonyl (C=O) groups is 2. The second-order valence-corrected chi connectivity index (χ2v) is 9.07. The summed E-state index contributed by atoms with van der Waals surface area (Å²) in [5.74, 6) is 0.0371. The molecule has 1 saturated heterocycles. The minimum absolute atomic E-state index is 0.0478. The molecule has 1 aliphatic carbocycles. The van der Waals surface area contributed by atoms with Crippen molar-refractivity contribution >= 4 is 12.0 Å². The maximum atomic E-state index is 13.6. The Morgan fingerprint density at radius 3 is 2.41 bits per heavy atom. The first-order chi connectivity index (χ1) is 12.5. The molecular weight excluding hydrogens is 342 g/mol. The highest BCUT2D eigenvalue weighted by Gasteiger charge is 2.49. The molecule has 0 aromatic carbocycles. The molecule has 6 heteroatoms. The number of carbonyl (C=O) groups excluding carboxylic acids is 2. The van der Waals surface area contributed by atoms with Gasteiger partial charge in [0.2, 0.25) is 5.91 Å². The highest BCUT2D eigenvalue weighted by atomic mass is 16.6. The van der Waals surface area contributed by atoms with Crippen molar-refractivity contribution < 1.29 is 14.3 Å². The summed E-state index contributed by atoms with van der Waals surface area (Å²) in [4.78, 5) is 27.7. The number of nitriles is 1.